The Morgan fingerprint density at radius 1 is 1.31 bits per heavy atom. The van der Waals surface area contributed by atoms with E-state index in [1.807, 2.05) is 0 Å². The second kappa shape index (κ2) is 3.87. The van der Waals surface area contributed by atoms with E-state index in [0.29, 0.717) is 6.04 Å². The Balaban J connectivity index is 1.87. The summed E-state index contributed by atoms with van der Waals surface area (Å²) in [5.74, 6) is 0.783. The third-order valence-electron chi connectivity index (χ3n) is 3.32. The van der Waals surface area contributed by atoms with Gasteiger partial charge in [0, 0.05) is 6.04 Å². The molecule has 4 heteroatoms. The molecule has 2 aromatic heterocycles. The van der Waals surface area contributed by atoms with Crippen LogP contribution in [-0.4, -0.2) is 21.5 Å². The van der Waals surface area contributed by atoms with Crippen molar-refractivity contribution in [3.05, 3.63) is 24.2 Å². The molecular weight excluding hydrogens is 200 g/mol. The van der Waals surface area contributed by atoms with Gasteiger partial charge in [-0.1, -0.05) is 6.92 Å². The van der Waals surface area contributed by atoms with Crippen molar-refractivity contribution in [3.8, 4) is 0 Å². The van der Waals surface area contributed by atoms with Crippen molar-refractivity contribution in [2.75, 3.05) is 6.54 Å². The first kappa shape index (κ1) is 9.78. The molecule has 1 aliphatic rings. The van der Waals surface area contributed by atoms with Crippen molar-refractivity contribution in [2.24, 2.45) is 5.92 Å². The summed E-state index contributed by atoms with van der Waals surface area (Å²) in [7, 11) is 0. The average molecular weight is 216 g/mol. The number of rotatable bonds is 1. The quantitative estimate of drug-likeness (QED) is 0.766. The summed E-state index contributed by atoms with van der Waals surface area (Å²) in [5, 5.41) is 3.54. The number of hydrogen-bond acceptors (Lipinski definition) is 3. The molecule has 1 fully saturated rings. The van der Waals surface area contributed by atoms with Crippen molar-refractivity contribution < 1.29 is 0 Å². The number of aromatic amines is 1. The molecule has 1 saturated heterocycles. The van der Waals surface area contributed by atoms with Crippen LogP contribution in [0.15, 0.2) is 18.5 Å². The van der Waals surface area contributed by atoms with Crippen LogP contribution in [0.2, 0.25) is 0 Å². The van der Waals surface area contributed by atoms with Crippen LogP contribution >= 0.6 is 0 Å². The fourth-order valence-electron chi connectivity index (χ4n) is 2.28. The maximum Gasteiger partial charge on any atom is 0.177 e. The van der Waals surface area contributed by atoms with Gasteiger partial charge in [0.25, 0.3) is 0 Å². The Bertz CT molecular complexity index is 482. The molecule has 84 valence electrons. The first-order chi connectivity index (χ1) is 7.83. The first-order valence-corrected chi connectivity index (χ1v) is 5.86. The highest BCUT2D eigenvalue weighted by Gasteiger charge is 2.20. The van der Waals surface area contributed by atoms with E-state index < -0.39 is 0 Å². The van der Waals surface area contributed by atoms with Gasteiger partial charge in [-0.05, 0) is 37.4 Å². The van der Waals surface area contributed by atoms with E-state index in [4.69, 9.17) is 0 Å². The molecule has 16 heavy (non-hydrogen) atoms. The number of H-pyrrole nitrogens is 1. The molecule has 2 N–H and O–H groups in total. The summed E-state index contributed by atoms with van der Waals surface area (Å²) in [6, 6.07) is 4.55. The van der Waals surface area contributed by atoms with Crippen molar-refractivity contribution >= 4 is 11.2 Å². The van der Waals surface area contributed by atoms with E-state index in [1.54, 1.807) is 6.33 Å². The number of nitrogens with zero attached hydrogens (tertiary/aromatic N) is 2. The largest absolute Gasteiger partial charge is 0.343 e. The number of piperidine rings is 1. The Labute approximate surface area is 94.5 Å². The molecule has 0 radical (unpaired) electrons. The van der Waals surface area contributed by atoms with Crippen molar-refractivity contribution in [1.29, 1.82) is 0 Å². The number of aromatic nitrogens is 3. The number of pyridine rings is 1. The SMILES string of the molecule is C[C@@H]1CC[C@@H](c2ccc3[nH]cnc3n2)NC1. The van der Waals surface area contributed by atoms with Crippen molar-refractivity contribution in [3.63, 3.8) is 0 Å². The zero-order valence-electron chi connectivity index (χ0n) is 9.40. The lowest BCUT2D eigenvalue weighted by atomic mass is 9.94. The fraction of sp³-hybridized carbons (Fsp3) is 0.500. The maximum absolute atomic E-state index is 4.58. The molecule has 4 nitrogen and oxygen atoms in total. The Kier molecular flexibility index (Phi) is 2.36. The van der Waals surface area contributed by atoms with Crippen LogP contribution in [0, 0.1) is 5.92 Å². The lowest BCUT2D eigenvalue weighted by Gasteiger charge is -2.27. The number of imidazole rings is 1. The van der Waals surface area contributed by atoms with Gasteiger partial charge in [0.1, 0.15) is 0 Å². The number of fused-ring (bicyclic) bond motifs is 1. The van der Waals surface area contributed by atoms with Gasteiger partial charge in [-0.2, -0.15) is 0 Å². The van der Waals surface area contributed by atoms with Crippen LogP contribution in [0.5, 0.6) is 0 Å². The minimum absolute atomic E-state index is 0.400. The molecule has 2 atom stereocenters. The Hall–Kier alpha value is -1.42. The average Bonchev–Trinajstić information content (AvgIpc) is 2.77. The third kappa shape index (κ3) is 1.69. The predicted octanol–water partition coefficient (Wildman–Crippen LogP) is 2.02. The third-order valence-corrected chi connectivity index (χ3v) is 3.32. The molecule has 0 aromatic carbocycles. The van der Waals surface area contributed by atoms with Crippen LogP contribution < -0.4 is 5.32 Å². The van der Waals surface area contributed by atoms with Crippen LogP contribution in [0.25, 0.3) is 11.2 Å². The molecular formula is C12H16N4. The summed E-state index contributed by atoms with van der Waals surface area (Å²) in [6.45, 7) is 3.37. The molecule has 0 aliphatic carbocycles. The van der Waals surface area contributed by atoms with E-state index in [2.05, 4.69) is 39.3 Å². The molecule has 0 saturated carbocycles. The monoisotopic (exact) mass is 216 g/mol. The topological polar surface area (TPSA) is 53.6 Å². The maximum atomic E-state index is 4.58. The smallest absolute Gasteiger partial charge is 0.177 e. The zero-order chi connectivity index (χ0) is 11.0. The van der Waals surface area contributed by atoms with Gasteiger partial charge in [-0.15, -0.1) is 0 Å². The highest BCUT2D eigenvalue weighted by atomic mass is 15.0. The second-order valence-corrected chi connectivity index (χ2v) is 4.65. The van der Waals surface area contributed by atoms with Crippen molar-refractivity contribution in [2.45, 2.75) is 25.8 Å². The van der Waals surface area contributed by atoms with Crippen LogP contribution in [-0.2, 0) is 0 Å². The zero-order valence-corrected chi connectivity index (χ0v) is 9.40. The predicted molar refractivity (Wildman–Crippen MR) is 63.0 cm³/mol. The fourth-order valence-corrected chi connectivity index (χ4v) is 2.28. The lowest BCUT2D eigenvalue weighted by Crippen LogP contribution is -2.32. The first-order valence-electron chi connectivity index (χ1n) is 5.86. The normalized spacial score (nSPS) is 26.1. The Morgan fingerprint density at radius 3 is 3.06 bits per heavy atom. The highest BCUT2D eigenvalue weighted by Crippen LogP contribution is 2.24. The van der Waals surface area contributed by atoms with Gasteiger partial charge >= 0.3 is 0 Å². The molecule has 0 bridgehead atoms. The summed E-state index contributed by atoms with van der Waals surface area (Å²) in [6.07, 6.45) is 4.14. The number of hydrogen-bond donors (Lipinski definition) is 2. The van der Waals surface area contributed by atoms with E-state index in [0.717, 1.165) is 29.3 Å². The van der Waals surface area contributed by atoms with Gasteiger partial charge in [0.05, 0.1) is 17.5 Å². The molecule has 0 unspecified atom stereocenters. The highest BCUT2D eigenvalue weighted by molar-refractivity contribution is 5.69. The molecule has 3 rings (SSSR count). The summed E-state index contributed by atoms with van der Waals surface area (Å²) < 4.78 is 0. The van der Waals surface area contributed by atoms with Crippen LogP contribution in [0.3, 0.4) is 0 Å². The van der Waals surface area contributed by atoms with Gasteiger partial charge in [-0.3, -0.25) is 0 Å². The molecule has 2 aromatic rings. The molecule has 0 amide bonds. The van der Waals surface area contributed by atoms with Gasteiger partial charge in [0.2, 0.25) is 0 Å². The molecule has 0 spiro atoms. The van der Waals surface area contributed by atoms with Crippen LogP contribution in [0.1, 0.15) is 31.5 Å². The molecule has 3 heterocycles. The van der Waals surface area contributed by atoms with E-state index in [1.165, 1.54) is 12.8 Å². The number of nitrogens with one attached hydrogen (secondary N) is 2. The summed E-state index contributed by atoms with van der Waals surface area (Å²) in [4.78, 5) is 11.8. The molecule has 1 aliphatic heterocycles. The van der Waals surface area contributed by atoms with E-state index >= 15 is 0 Å². The minimum Gasteiger partial charge on any atom is -0.343 e. The summed E-state index contributed by atoms with van der Waals surface area (Å²) >= 11 is 0. The van der Waals surface area contributed by atoms with Gasteiger partial charge in [-0.25, -0.2) is 9.97 Å². The minimum atomic E-state index is 0.400. The summed E-state index contributed by atoms with van der Waals surface area (Å²) in [5.41, 5.74) is 2.94. The van der Waals surface area contributed by atoms with Gasteiger partial charge < -0.3 is 10.3 Å². The van der Waals surface area contributed by atoms with Crippen molar-refractivity contribution in [1.82, 2.24) is 20.3 Å². The Morgan fingerprint density at radius 2 is 2.25 bits per heavy atom. The van der Waals surface area contributed by atoms with Crippen LogP contribution in [0.4, 0.5) is 0 Å². The lowest BCUT2D eigenvalue weighted by molar-refractivity contribution is 0.329. The van der Waals surface area contributed by atoms with E-state index in [-0.39, 0.29) is 0 Å². The second-order valence-electron chi connectivity index (χ2n) is 4.65. The van der Waals surface area contributed by atoms with Gasteiger partial charge in [0.15, 0.2) is 5.65 Å². The van der Waals surface area contributed by atoms with E-state index in [9.17, 15) is 0 Å². The standard InChI is InChI=1S/C12H16N4/c1-8-2-3-9(13-6-8)10-4-5-11-12(16-10)15-7-14-11/h4-5,7-9,13H,2-3,6H2,1H3,(H,14,15,16)/t8-,9+/m1/s1.